The largest absolute Gasteiger partial charge is 0.496 e. The summed E-state index contributed by atoms with van der Waals surface area (Å²) in [5.41, 5.74) is 1.40. The number of carbonyl (C=O) groups is 2. The first-order valence-electron chi connectivity index (χ1n) is 6.67. The zero-order valence-corrected chi connectivity index (χ0v) is 11.7. The molecule has 2 rings (SSSR count). The summed E-state index contributed by atoms with van der Waals surface area (Å²) >= 11 is 0. The number of carbonyl (C=O) groups excluding carboxylic acids is 1. The second-order valence-electron chi connectivity index (χ2n) is 5.12. The smallest absolute Gasteiger partial charge is 0.320 e. The fraction of sp³-hybridized carbons (Fsp3) is 0.467. The Bertz CT molecular complexity index is 523. The van der Waals surface area contributed by atoms with Gasteiger partial charge in [0.2, 0.25) is 0 Å². The molecule has 1 atom stereocenters. The first-order chi connectivity index (χ1) is 9.52. The van der Waals surface area contributed by atoms with E-state index in [-0.39, 0.29) is 11.7 Å². The van der Waals surface area contributed by atoms with Gasteiger partial charge in [-0.3, -0.25) is 14.9 Å². The van der Waals surface area contributed by atoms with E-state index in [0.717, 1.165) is 18.4 Å². The van der Waals surface area contributed by atoms with Crippen LogP contribution in [0.25, 0.3) is 0 Å². The number of hydrogen-bond acceptors (Lipinski definition) is 4. The zero-order valence-electron chi connectivity index (χ0n) is 11.7. The molecule has 0 amide bonds. The molecule has 0 spiro atoms. The third-order valence-corrected chi connectivity index (χ3v) is 3.56. The van der Waals surface area contributed by atoms with Crippen molar-refractivity contribution >= 4 is 11.8 Å². The third kappa shape index (κ3) is 3.36. The SMILES string of the molecule is COc1ccc(C(C)=O)cc1CNC(C(=O)O)C1CC1. The number of ketones is 1. The first-order valence-corrected chi connectivity index (χ1v) is 6.67. The number of aliphatic carboxylic acids is 1. The van der Waals surface area contributed by atoms with E-state index in [4.69, 9.17) is 4.74 Å². The van der Waals surface area contributed by atoms with Crippen molar-refractivity contribution in [3.8, 4) is 5.75 Å². The average molecular weight is 277 g/mol. The highest BCUT2D eigenvalue weighted by Gasteiger charge is 2.35. The van der Waals surface area contributed by atoms with E-state index in [1.54, 1.807) is 25.3 Å². The monoisotopic (exact) mass is 277 g/mol. The number of carboxylic acids is 1. The highest BCUT2D eigenvalue weighted by Crippen LogP contribution is 2.33. The van der Waals surface area contributed by atoms with Gasteiger partial charge in [-0.05, 0) is 43.9 Å². The average Bonchev–Trinajstić information content (AvgIpc) is 3.22. The molecule has 1 fully saturated rings. The summed E-state index contributed by atoms with van der Waals surface area (Å²) in [6.07, 6.45) is 1.91. The van der Waals surface area contributed by atoms with Crippen molar-refractivity contribution in [3.63, 3.8) is 0 Å². The Hall–Kier alpha value is -1.88. The molecule has 20 heavy (non-hydrogen) atoms. The summed E-state index contributed by atoms with van der Waals surface area (Å²) in [5, 5.41) is 12.2. The molecule has 1 aliphatic carbocycles. The molecule has 2 N–H and O–H groups in total. The molecule has 0 radical (unpaired) electrons. The molecule has 1 aliphatic rings. The molecule has 1 saturated carbocycles. The Morgan fingerprint density at radius 3 is 2.65 bits per heavy atom. The van der Waals surface area contributed by atoms with E-state index in [1.807, 2.05) is 0 Å². The van der Waals surface area contributed by atoms with Crippen molar-refractivity contribution < 1.29 is 19.4 Å². The second-order valence-corrected chi connectivity index (χ2v) is 5.12. The number of hydrogen-bond donors (Lipinski definition) is 2. The van der Waals surface area contributed by atoms with Gasteiger partial charge >= 0.3 is 5.97 Å². The molecule has 1 unspecified atom stereocenters. The van der Waals surface area contributed by atoms with E-state index in [1.165, 1.54) is 6.92 Å². The van der Waals surface area contributed by atoms with Crippen molar-refractivity contribution in [2.75, 3.05) is 7.11 Å². The number of benzene rings is 1. The first kappa shape index (κ1) is 14.5. The molecule has 0 saturated heterocycles. The lowest BCUT2D eigenvalue weighted by Crippen LogP contribution is -2.38. The Kier molecular flexibility index (Phi) is 4.39. The molecule has 0 heterocycles. The van der Waals surface area contributed by atoms with E-state index in [2.05, 4.69) is 5.32 Å². The molecule has 108 valence electrons. The molecule has 1 aromatic carbocycles. The van der Waals surface area contributed by atoms with Gasteiger partial charge in [-0.25, -0.2) is 0 Å². The Morgan fingerprint density at radius 1 is 1.45 bits per heavy atom. The lowest BCUT2D eigenvalue weighted by atomic mass is 10.1. The van der Waals surface area contributed by atoms with Crippen LogP contribution in [0.1, 0.15) is 35.7 Å². The van der Waals surface area contributed by atoms with Crippen molar-refractivity contribution in [1.82, 2.24) is 5.32 Å². The maximum absolute atomic E-state index is 11.4. The van der Waals surface area contributed by atoms with Crippen LogP contribution in [0.5, 0.6) is 5.75 Å². The normalized spacial score (nSPS) is 15.7. The molecular formula is C15H19NO4. The van der Waals surface area contributed by atoms with Crippen LogP contribution in [-0.4, -0.2) is 30.0 Å². The second kappa shape index (κ2) is 6.05. The van der Waals surface area contributed by atoms with Gasteiger partial charge in [-0.1, -0.05) is 0 Å². The van der Waals surface area contributed by atoms with Crippen molar-refractivity contribution in [3.05, 3.63) is 29.3 Å². The molecule has 5 heteroatoms. The maximum Gasteiger partial charge on any atom is 0.320 e. The van der Waals surface area contributed by atoms with Crippen LogP contribution in [-0.2, 0) is 11.3 Å². The van der Waals surface area contributed by atoms with Gasteiger partial charge in [-0.2, -0.15) is 0 Å². The fourth-order valence-corrected chi connectivity index (χ4v) is 2.24. The van der Waals surface area contributed by atoms with Gasteiger partial charge < -0.3 is 9.84 Å². The Labute approximate surface area is 117 Å². The van der Waals surface area contributed by atoms with E-state index in [9.17, 15) is 14.7 Å². The lowest BCUT2D eigenvalue weighted by Gasteiger charge is -2.15. The number of ether oxygens (including phenoxy) is 1. The van der Waals surface area contributed by atoms with E-state index >= 15 is 0 Å². The standard InChI is InChI=1S/C15H19NO4/c1-9(17)11-5-6-13(20-2)12(7-11)8-16-14(15(18)19)10-3-4-10/h5-7,10,14,16H,3-4,8H2,1-2H3,(H,18,19). The number of rotatable bonds is 7. The van der Waals surface area contributed by atoms with Crippen LogP contribution < -0.4 is 10.1 Å². The minimum Gasteiger partial charge on any atom is -0.496 e. The van der Waals surface area contributed by atoms with Crippen LogP contribution in [0.3, 0.4) is 0 Å². The van der Waals surface area contributed by atoms with Gasteiger partial charge in [0.15, 0.2) is 5.78 Å². The molecule has 0 aromatic heterocycles. The zero-order chi connectivity index (χ0) is 14.7. The molecule has 5 nitrogen and oxygen atoms in total. The molecule has 1 aromatic rings. The Balaban J connectivity index is 2.12. The molecule has 0 aliphatic heterocycles. The summed E-state index contributed by atoms with van der Waals surface area (Å²) in [4.78, 5) is 22.6. The number of methoxy groups -OCH3 is 1. The van der Waals surface area contributed by atoms with Crippen LogP contribution >= 0.6 is 0 Å². The minimum absolute atomic E-state index is 0.0223. The lowest BCUT2D eigenvalue weighted by molar-refractivity contribution is -0.140. The summed E-state index contributed by atoms with van der Waals surface area (Å²) in [6, 6.07) is 4.67. The fourth-order valence-electron chi connectivity index (χ4n) is 2.24. The summed E-state index contributed by atoms with van der Waals surface area (Å²) in [7, 11) is 1.56. The highest BCUT2D eigenvalue weighted by atomic mass is 16.5. The van der Waals surface area contributed by atoms with E-state index in [0.29, 0.717) is 17.9 Å². The predicted octanol–water partition coefficient (Wildman–Crippen LogP) is 1.85. The van der Waals surface area contributed by atoms with Gasteiger partial charge in [-0.15, -0.1) is 0 Å². The van der Waals surface area contributed by atoms with Gasteiger partial charge in [0.1, 0.15) is 11.8 Å². The topological polar surface area (TPSA) is 75.6 Å². The number of carboxylic acid groups (broad SMARTS) is 1. The quantitative estimate of drug-likeness (QED) is 0.744. The van der Waals surface area contributed by atoms with Gasteiger partial charge in [0.05, 0.1) is 7.11 Å². The maximum atomic E-state index is 11.4. The Morgan fingerprint density at radius 2 is 2.15 bits per heavy atom. The van der Waals surface area contributed by atoms with Crippen LogP contribution in [0.2, 0.25) is 0 Å². The van der Waals surface area contributed by atoms with Crippen LogP contribution in [0.15, 0.2) is 18.2 Å². The molecule has 0 bridgehead atoms. The summed E-state index contributed by atoms with van der Waals surface area (Å²) < 4.78 is 5.25. The third-order valence-electron chi connectivity index (χ3n) is 3.56. The summed E-state index contributed by atoms with van der Waals surface area (Å²) in [6.45, 7) is 1.88. The van der Waals surface area contributed by atoms with E-state index < -0.39 is 12.0 Å². The molecular weight excluding hydrogens is 258 g/mol. The van der Waals surface area contributed by atoms with Crippen molar-refractivity contribution in [1.29, 1.82) is 0 Å². The van der Waals surface area contributed by atoms with Gasteiger partial charge in [0.25, 0.3) is 0 Å². The van der Waals surface area contributed by atoms with Crippen LogP contribution in [0, 0.1) is 5.92 Å². The van der Waals surface area contributed by atoms with Crippen LogP contribution in [0.4, 0.5) is 0 Å². The number of nitrogens with one attached hydrogen (secondary N) is 1. The summed E-state index contributed by atoms with van der Waals surface area (Å²) in [5.74, 6) is 0.0250. The minimum atomic E-state index is -0.825. The highest BCUT2D eigenvalue weighted by molar-refractivity contribution is 5.94. The predicted molar refractivity (Wildman–Crippen MR) is 74.0 cm³/mol. The van der Waals surface area contributed by atoms with Crippen molar-refractivity contribution in [2.45, 2.75) is 32.4 Å². The van der Waals surface area contributed by atoms with Crippen molar-refractivity contribution in [2.24, 2.45) is 5.92 Å². The van der Waals surface area contributed by atoms with Gasteiger partial charge in [0, 0.05) is 17.7 Å². The number of Topliss-reactive ketones (excluding diaryl/α,β-unsaturated/α-hetero) is 1.